The quantitative estimate of drug-likeness (QED) is 0.354. The zero-order chi connectivity index (χ0) is 27.3. The number of rotatable bonds is 6. The number of piperidine rings is 1. The molecule has 1 aliphatic heterocycles. The number of carbonyl (C=O) groups is 2. The van der Waals surface area contributed by atoms with Gasteiger partial charge in [0.25, 0.3) is 0 Å². The van der Waals surface area contributed by atoms with Crippen LogP contribution < -0.4 is 10.5 Å². The van der Waals surface area contributed by atoms with Crippen LogP contribution in [0.25, 0.3) is 22.1 Å². The molecule has 0 radical (unpaired) electrons. The first-order chi connectivity index (χ1) is 17.5. The van der Waals surface area contributed by atoms with E-state index in [1.807, 2.05) is 0 Å². The molecule has 37 heavy (non-hydrogen) atoms. The highest BCUT2D eigenvalue weighted by molar-refractivity contribution is 6.36. The number of carbonyl (C=O) groups excluding carboxylic acids is 1. The molecule has 12 heteroatoms. The maximum absolute atomic E-state index is 13.1. The van der Waals surface area contributed by atoms with E-state index in [0.717, 1.165) is 25.9 Å². The molecule has 4 N–H and O–H groups in total. The van der Waals surface area contributed by atoms with Gasteiger partial charge >= 0.3 is 5.97 Å². The number of phenols is 1. The van der Waals surface area contributed by atoms with Crippen molar-refractivity contribution in [1.82, 2.24) is 4.90 Å². The Morgan fingerprint density at radius 1 is 1.03 bits per heavy atom. The highest BCUT2D eigenvalue weighted by Gasteiger charge is 2.24. The van der Waals surface area contributed by atoms with E-state index in [-0.39, 0.29) is 11.2 Å². The van der Waals surface area contributed by atoms with Gasteiger partial charge < -0.3 is 34.7 Å². The second-order valence-corrected chi connectivity index (χ2v) is 9.27. The predicted octanol–water partition coefficient (Wildman–Crippen LogP) is 2.00. The summed E-state index contributed by atoms with van der Waals surface area (Å²) in [5, 5.41) is 45.8. The van der Waals surface area contributed by atoms with Gasteiger partial charge in [0.2, 0.25) is 5.43 Å². The lowest BCUT2D eigenvalue weighted by Crippen LogP contribution is -2.46. The third-order valence-corrected chi connectivity index (χ3v) is 6.41. The lowest BCUT2D eigenvalue weighted by atomic mass is 10.0. The van der Waals surface area contributed by atoms with Gasteiger partial charge in [0.05, 0.1) is 27.5 Å². The Balaban J connectivity index is 0.000000325. The average molecular weight is 553 g/mol. The standard InChI is InChI=1S/C21H19Cl2NO3.C4H6O6/c22-13-4-5-14(18(23)10-13)17-12-27-21-15(20(17)26)6-7-19(25)16(21)11-24-8-2-1-3-9-24;5-1(3(7)8)2(6)4(9)10/h4-7,10,12,25H,1-3,8-9,11H2;1-2,5-6H,(H,7,8)(H,9,10)/p-1. The van der Waals surface area contributed by atoms with Crippen LogP contribution in [-0.2, 0) is 16.1 Å². The molecular formula is C25H24Cl2NO9-. The van der Waals surface area contributed by atoms with Gasteiger partial charge in [-0.15, -0.1) is 0 Å². The fourth-order valence-corrected chi connectivity index (χ4v) is 4.41. The molecule has 198 valence electrons. The highest BCUT2D eigenvalue weighted by atomic mass is 35.5. The number of aliphatic hydroxyl groups excluding tert-OH is 2. The van der Waals surface area contributed by atoms with Gasteiger partial charge in [-0.3, -0.25) is 9.69 Å². The topological polar surface area (TPSA) is 172 Å². The molecule has 0 aliphatic carbocycles. The van der Waals surface area contributed by atoms with E-state index >= 15 is 0 Å². The monoisotopic (exact) mass is 552 g/mol. The second-order valence-electron chi connectivity index (χ2n) is 8.43. The largest absolute Gasteiger partial charge is 0.547 e. The van der Waals surface area contributed by atoms with Crippen LogP contribution in [0, 0.1) is 0 Å². The molecule has 3 aromatic rings. The van der Waals surface area contributed by atoms with Gasteiger partial charge in [-0.1, -0.05) is 35.7 Å². The van der Waals surface area contributed by atoms with E-state index in [1.165, 1.54) is 12.7 Å². The van der Waals surface area contributed by atoms with Crippen molar-refractivity contribution in [2.75, 3.05) is 13.1 Å². The molecule has 1 fully saturated rings. The fourth-order valence-electron chi connectivity index (χ4n) is 3.90. The summed E-state index contributed by atoms with van der Waals surface area (Å²) < 4.78 is 5.84. The molecule has 0 spiro atoms. The third kappa shape index (κ3) is 6.79. The van der Waals surface area contributed by atoms with Crippen LogP contribution in [-0.4, -0.2) is 62.6 Å². The SMILES string of the molecule is O=C([O-])C(O)C(O)C(=O)O.O=c1c(-c2ccc(Cl)cc2Cl)coc2c(CN3CCCCC3)c(O)ccc12. The van der Waals surface area contributed by atoms with Crippen molar-refractivity contribution in [2.24, 2.45) is 0 Å². The summed E-state index contributed by atoms with van der Waals surface area (Å²) in [6.07, 6.45) is 0.239. The van der Waals surface area contributed by atoms with Gasteiger partial charge in [-0.25, -0.2) is 4.79 Å². The van der Waals surface area contributed by atoms with Gasteiger partial charge in [0.15, 0.2) is 6.10 Å². The Bertz CT molecular complexity index is 1330. The number of aliphatic carboxylic acids is 2. The Morgan fingerprint density at radius 2 is 1.70 bits per heavy atom. The third-order valence-electron chi connectivity index (χ3n) is 5.86. The van der Waals surface area contributed by atoms with Crippen molar-refractivity contribution in [3.8, 4) is 16.9 Å². The molecule has 10 nitrogen and oxygen atoms in total. The second kappa shape index (κ2) is 12.4. The number of fused-ring (bicyclic) bond motifs is 1. The summed E-state index contributed by atoms with van der Waals surface area (Å²) in [5.41, 5.74) is 1.85. The number of aromatic hydroxyl groups is 1. The van der Waals surface area contributed by atoms with Crippen LogP contribution in [0.5, 0.6) is 5.75 Å². The summed E-state index contributed by atoms with van der Waals surface area (Å²) in [7, 11) is 0. The smallest absolute Gasteiger partial charge is 0.335 e. The van der Waals surface area contributed by atoms with Crippen molar-refractivity contribution < 1.29 is 39.5 Å². The van der Waals surface area contributed by atoms with E-state index in [9.17, 15) is 24.6 Å². The van der Waals surface area contributed by atoms with Gasteiger partial charge in [-0.05, 0) is 50.2 Å². The van der Waals surface area contributed by atoms with Crippen LogP contribution in [0.3, 0.4) is 0 Å². The van der Waals surface area contributed by atoms with Crippen molar-refractivity contribution in [1.29, 1.82) is 0 Å². The zero-order valence-electron chi connectivity index (χ0n) is 19.4. The molecule has 0 bridgehead atoms. The van der Waals surface area contributed by atoms with Crippen LogP contribution >= 0.6 is 23.2 Å². The molecular weight excluding hydrogens is 529 g/mol. The first-order valence-electron chi connectivity index (χ1n) is 11.2. The molecule has 2 aromatic carbocycles. The highest BCUT2D eigenvalue weighted by Crippen LogP contribution is 2.32. The van der Waals surface area contributed by atoms with Crippen molar-refractivity contribution in [3.63, 3.8) is 0 Å². The van der Waals surface area contributed by atoms with Crippen molar-refractivity contribution in [3.05, 3.63) is 62.4 Å². The van der Waals surface area contributed by atoms with E-state index < -0.39 is 24.1 Å². The number of carboxylic acids is 2. The minimum Gasteiger partial charge on any atom is -0.547 e. The number of carboxylic acid groups (broad SMARTS) is 2. The van der Waals surface area contributed by atoms with E-state index in [1.54, 1.807) is 30.3 Å². The van der Waals surface area contributed by atoms with E-state index in [0.29, 0.717) is 44.2 Å². The number of aliphatic hydroxyl groups is 2. The molecule has 1 aliphatic rings. The maximum Gasteiger partial charge on any atom is 0.335 e. The number of nitrogens with zero attached hydrogens (tertiary/aromatic N) is 1. The molecule has 0 saturated carbocycles. The number of hydrogen-bond donors (Lipinski definition) is 4. The normalized spacial score (nSPS) is 15.5. The van der Waals surface area contributed by atoms with E-state index in [4.69, 9.17) is 42.9 Å². The van der Waals surface area contributed by atoms with Crippen LogP contribution in [0.15, 0.2) is 45.8 Å². The molecule has 2 atom stereocenters. The molecule has 2 heterocycles. The lowest BCUT2D eigenvalue weighted by Gasteiger charge is -2.26. The number of hydrogen-bond acceptors (Lipinski definition) is 9. The fraction of sp³-hybridized carbons (Fsp3) is 0.320. The van der Waals surface area contributed by atoms with E-state index in [2.05, 4.69) is 4.90 Å². The Kier molecular flexibility index (Phi) is 9.52. The molecule has 2 unspecified atom stereocenters. The maximum atomic E-state index is 13.1. The Hall–Kier alpha value is -3.15. The summed E-state index contributed by atoms with van der Waals surface area (Å²) in [6, 6.07) is 8.15. The van der Waals surface area contributed by atoms with Gasteiger partial charge in [0.1, 0.15) is 23.7 Å². The molecule has 0 amide bonds. The van der Waals surface area contributed by atoms with Crippen molar-refractivity contribution in [2.45, 2.75) is 38.0 Å². The summed E-state index contributed by atoms with van der Waals surface area (Å²) >= 11 is 12.2. The Morgan fingerprint density at radius 3 is 2.27 bits per heavy atom. The number of benzene rings is 2. The van der Waals surface area contributed by atoms with Gasteiger partial charge in [0, 0.05) is 17.1 Å². The predicted molar refractivity (Wildman–Crippen MR) is 133 cm³/mol. The molecule has 4 rings (SSSR count). The summed E-state index contributed by atoms with van der Waals surface area (Å²) in [5.74, 6) is -3.68. The zero-order valence-corrected chi connectivity index (χ0v) is 20.9. The van der Waals surface area contributed by atoms with Crippen LogP contribution in [0.4, 0.5) is 0 Å². The average Bonchev–Trinajstić information content (AvgIpc) is 2.86. The number of halogens is 2. The van der Waals surface area contributed by atoms with Crippen molar-refractivity contribution >= 4 is 46.1 Å². The summed E-state index contributed by atoms with van der Waals surface area (Å²) in [4.78, 5) is 34.8. The number of likely N-dealkylation sites (tertiary alicyclic amines) is 1. The van der Waals surface area contributed by atoms with Crippen LogP contribution in [0.1, 0.15) is 24.8 Å². The lowest BCUT2D eigenvalue weighted by molar-refractivity contribution is -0.318. The Labute approximate surface area is 220 Å². The summed E-state index contributed by atoms with van der Waals surface area (Å²) in [6.45, 7) is 2.53. The number of phenolic OH excluding ortho intramolecular Hbond substituents is 1. The molecule has 1 aromatic heterocycles. The molecule has 1 saturated heterocycles. The van der Waals surface area contributed by atoms with Gasteiger partial charge in [-0.2, -0.15) is 0 Å². The first-order valence-corrected chi connectivity index (χ1v) is 12.0. The van der Waals surface area contributed by atoms with Crippen LogP contribution in [0.2, 0.25) is 10.0 Å². The minimum absolute atomic E-state index is 0.147. The minimum atomic E-state index is -2.38. The first kappa shape index (κ1) is 28.4.